The number of carbonyl (C=O) groups is 1. The summed E-state index contributed by atoms with van der Waals surface area (Å²) in [5.41, 5.74) is 7.35. The summed E-state index contributed by atoms with van der Waals surface area (Å²) in [6.45, 7) is 0. The maximum absolute atomic E-state index is 12.1. The Hall–Kier alpha value is -2.07. The molecule has 0 bridgehead atoms. The zero-order valence-corrected chi connectivity index (χ0v) is 10.6. The summed E-state index contributed by atoms with van der Waals surface area (Å²) in [5.74, 6) is -0.211. The summed E-state index contributed by atoms with van der Waals surface area (Å²) < 4.78 is 0. The van der Waals surface area contributed by atoms with E-state index in [0.29, 0.717) is 16.4 Å². The highest BCUT2D eigenvalue weighted by Crippen LogP contribution is 2.18. The van der Waals surface area contributed by atoms with Gasteiger partial charge in [0.25, 0.3) is 5.91 Å². The average Bonchev–Trinajstić information content (AvgIpc) is 2.38. The van der Waals surface area contributed by atoms with Crippen molar-refractivity contribution in [2.75, 3.05) is 17.7 Å². The summed E-state index contributed by atoms with van der Waals surface area (Å²) in [6.07, 6.45) is 1.45. The number of aromatic nitrogens is 1. The summed E-state index contributed by atoms with van der Waals surface area (Å²) in [7, 11) is 1.67. The second kappa shape index (κ2) is 5.06. The highest BCUT2D eigenvalue weighted by molar-refractivity contribution is 6.30. The van der Waals surface area contributed by atoms with Gasteiger partial charge in [-0.1, -0.05) is 17.7 Å². The Balaban J connectivity index is 2.26. The van der Waals surface area contributed by atoms with E-state index < -0.39 is 0 Å². The monoisotopic (exact) mass is 261 g/mol. The van der Waals surface area contributed by atoms with Crippen LogP contribution in [0.3, 0.4) is 0 Å². The molecule has 4 nitrogen and oxygen atoms in total. The number of carbonyl (C=O) groups excluding carboxylic acids is 1. The van der Waals surface area contributed by atoms with Crippen LogP contribution < -0.4 is 10.6 Å². The van der Waals surface area contributed by atoms with Gasteiger partial charge in [0.2, 0.25) is 0 Å². The lowest BCUT2D eigenvalue weighted by Gasteiger charge is -2.17. The molecule has 0 fully saturated rings. The summed E-state index contributed by atoms with van der Waals surface area (Å²) in [5, 5.41) is 0.498. The fourth-order valence-corrected chi connectivity index (χ4v) is 1.64. The normalized spacial score (nSPS) is 10.1. The Kier molecular flexibility index (Phi) is 3.48. The first-order valence-electron chi connectivity index (χ1n) is 5.33. The van der Waals surface area contributed by atoms with E-state index in [1.165, 1.54) is 11.1 Å². The first kappa shape index (κ1) is 12.4. The van der Waals surface area contributed by atoms with Gasteiger partial charge in [0.05, 0.1) is 5.02 Å². The molecule has 2 rings (SSSR count). The van der Waals surface area contributed by atoms with E-state index in [1.54, 1.807) is 37.4 Å². The molecule has 92 valence electrons. The minimum Gasteiger partial charge on any atom is -0.399 e. The van der Waals surface area contributed by atoms with Gasteiger partial charge in [0.1, 0.15) is 5.69 Å². The minimum atomic E-state index is -0.211. The Labute approximate surface area is 110 Å². The Morgan fingerprint density at radius 3 is 2.72 bits per heavy atom. The second-order valence-corrected chi connectivity index (χ2v) is 4.26. The number of amides is 1. The number of rotatable bonds is 2. The molecule has 0 saturated heterocycles. The summed E-state index contributed by atoms with van der Waals surface area (Å²) in [4.78, 5) is 17.6. The van der Waals surface area contributed by atoms with Crippen molar-refractivity contribution in [3.8, 4) is 0 Å². The van der Waals surface area contributed by atoms with Gasteiger partial charge in [-0.2, -0.15) is 0 Å². The van der Waals surface area contributed by atoms with Crippen LogP contribution in [0.4, 0.5) is 11.4 Å². The van der Waals surface area contributed by atoms with Crippen LogP contribution in [0.15, 0.2) is 42.6 Å². The predicted molar refractivity (Wildman–Crippen MR) is 72.8 cm³/mol. The first-order valence-corrected chi connectivity index (χ1v) is 5.71. The van der Waals surface area contributed by atoms with Crippen molar-refractivity contribution in [2.45, 2.75) is 0 Å². The third-order valence-corrected chi connectivity index (χ3v) is 2.73. The Morgan fingerprint density at radius 2 is 2.11 bits per heavy atom. The molecule has 0 radical (unpaired) electrons. The van der Waals surface area contributed by atoms with Gasteiger partial charge in [-0.05, 0) is 30.3 Å². The van der Waals surface area contributed by atoms with E-state index in [4.69, 9.17) is 17.3 Å². The third-order valence-electron chi connectivity index (χ3n) is 2.51. The van der Waals surface area contributed by atoms with E-state index in [1.807, 2.05) is 6.07 Å². The molecule has 0 spiro atoms. The molecule has 1 aromatic heterocycles. The number of nitrogen functional groups attached to an aromatic ring is 1. The van der Waals surface area contributed by atoms with Crippen LogP contribution in [0.1, 0.15) is 10.5 Å². The lowest BCUT2D eigenvalue weighted by Crippen LogP contribution is -2.27. The number of benzene rings is 1. The smallest absolute Gasteiger partial charge is 0.276 e. The van der Waals surface area contributed by atoms with E-state index in [0.717, 1.165) is 5.69 Å². The zero-order chi connectivity index (χ0) is 13.1. The molecule has 18 heavy (non-hydrogen) atoms. The molecule has 5 heteroatoms. The quantitative estimate of drug-likeness (QED) is 0.846. The van der Waals surface area contributed by atoms with Gasteiger partial charge in [-0.3, -0.25) is 4.79 Å². The fraction of sp³-hybridized carbons (Fsp3) is 0.0769. The molecule has 0 aliphatic heterocycles. The number of anilines is 2. The van der Waals surface area contributed by atoms with Crippen molar-refractivity contribution in [3.05, 3.63) is 53.3 Å². The number of nitrogens with two attached hydrogens (primary N) is 1. The van der Waals surface area contributed by atoms with Crippen molar-refractivity contribution in [2.24, 2.45) is 0 Å². The first-order chi connectivity index (χ1) is 8.58. The molecular formula is C13H12ClN3O. The van der Waals surface area contributed by atoms with Crippen molar-refractivity contribution in [1.29, 1.82) is 0 Å². The number of halogens is 1. The maximum atomic E-state index is 12.1. The largest absolute Gasteiger partial charge is 0.399 e. The SMILES string of the molecule is CN(C(=O)c1ccc(Cl)cn1)c1cccc(N)c1. The summed E-state index contributed by atoms with van der Waals surface area (Å²) in [6, 6.07) is 10.3. The van der Waals surface area contributed by atoms with Crippen LogP contribution >= 0.6 is 11.6 Å². The lowest BCUT2D eigenvalue weighted by molar-refractivity contribution is 0.0988. The standard InChI is InChI=1S/C13H12ClN3O/c1-17(11-4-2-3-10(15)7-11)13(18)12-6-5-9(14)8-16-12/h2-8H,15H2,1H3. The minimum absolute atomic E-state index is 0.211. The van der Waals surface area contributed by atoms with E-state index >= 15 is 0 Å². The number of nitrogens with zero attached hydrogens (tertiary/aromatic N) is 2. The molecule has 1 aromatic carbocycles. The fourth-order valence-electron chi connectivity index (χ4n) is 1.52. The van der Waals surface area contributed by atoms with Gasteiger partial charge < -0.3 is 10.6 Å². The average molecular weight is 262 g/mol. The number of hydrogen-bond acceptors (Lipinski definition) is 3. The number of pyridine rings is 1. The molecule has 0 aliphatic carbocycles. The molecule has 0 unspecified atom stereocenters. The molecule has 2 N–H and O–H groups in total. The lowest BCUT2D eigenvalue weighted by atomic mass is 10.2. The Bertz CT molecular complexity index is 569. The highest BCUT2D eigenvalue weighted by Gasteiger charge is 2.14. The maximum Gasteiger partial charge on any atom is 0.276 e. The molecule has 1 amide bonds. The van der Waals surface area contributed by atoms with Crippen LogP contribution in [0.5, 0.6) is 0 Å². The Morgan fingerprint density at radius 1 is 1.33 bits per heavy atom. The van der Waals surface area contributed by atoms with Crippen molar-refractivity contribution in [3.63, 3.8) is 0 Å². The van der Waals surface area contributed by atoms with E-state index in [-0.39, 0.29) is 5.91 Å². The van der Waals surface area contributed by atoms with Crippen molar-refractivity contribution in [1.82, 2.24) is 4.98 Å². The van der Waals surface area contributed by atoms with Gasteiger partial charge in [0.15, 0.2) is 0 Å². The van der Waals surface area contributed by atoms with Gasteiger partial charge >= 0.3 is 0 Å². The van der Waals surface area contributed by atoms with Gasteiger partial charge in [0, 0.05) is 24.6 Å². The van der Waals surface area contributed by atoms with Gasteiger partial charge in [-0.25, -0.2) is 4.98 Å². The van der Waals surface area contributed by atoms with E-state index in [9.17, 15) is 4.79 Å². The van der Waals surface area contributed by atoms with E-state index in [2.05, 4.69) is 4.98 Å². The molecule has 0 atom stereocenters. The van der Waals surface area contributed by atoms with Crippen LogP contribution in [-0.4, -0.2) is 17.9 Å². The summed E-state index contributed by atoms with van der Waals surface area (Å²) >= 11 is 5.73. The van der Waals surface area contributed by atoms with Crippen LogP contribution in [0.25, 0.3) is 0 Å². The second-order valence-electron chi connectivity index (χ2n) is 3.82. The third kappa shape index (κ3) is 2.60. The highest BCUT2D eigenvalue weighted by atomic mass is 35.5. The van der Waals surface area contributed by atoms with Gasteiger partial charge in [-0.15, -0.1) is 0 Å². The number of hydrogen-bond donors (Lipinski definition) is 1. The molecule has 0 saturated carbocycles. The van der Waals surface area contributed by atoms with Crippen molar-refractivity contribution < 1.29 is 4.79 Å². The molecule has 0 aliphatic rings. The zero-order valence-electron chi connectivity index (χ0n) is 9.80. The van der Waals surface area contributed by atoms with Crippen LogP contribution in [0, 0.1) is 0 Å². The van der Waals surface area contributed by atoms with Crippen LogP contribution in [0.2, 0.25) is 5.02 Å². The van der Waals surface area contributed by atoms with Crippen molar-refractivity contribution >= 4 is 28.9 Å². The van der Waals surface area contributed by atoms with Crippen LogP contribution in [-0.2, 0) is 0 Å². The predicted octanol–water partition coefficient (Wildman–Crippen LogP) is 2.59. The molecule has 1 heterocycles. The topological polar surface area (TPSA) is 59.2 Å². The molecule has 2 aromatic rings. The molecular weight excluding hydrogens is 250 g/mol.